The standard InChI is InChI=1S/C10H7BrClNO2/c11-6-1-3-7(4-2-6)13-9(14)5-8(12)10(13)15/h1-4,8H,5H2/t8-/m0/s1. The van der Waals surface area contributed by atoms with Crippen LogP contribution in [-0.2, 0) is 9.59 Å². The summed E-state index contributed by atoms with van der Waals surface area (Å²) in [4.78, 5) is 24.2. The highest BCUT2D eigenvalue weighted by atomic mass is 79.9. The molecule has 0 saturated carbocycles. The van der Waals surface area contributed by atoms with Crippen LogP contribution in [0.15, 0.2) is 28.7 Å². The minimum Gasteiger partial charge on any atom is -0.274 e. The van der Waals surface area contributed by atoms with Crippen molar-refractivity contribution in [2.75, 3.05) is 4.90 Å². The number of rotatable bonds is 1. The van der Waals surface area contributed by atoms with E-state index in [4.69, 9.17) is 11.6 Å². The third-order valence-electron chi connectivity index (χ3n) is 2.18. The van der Waals surface area contributed by atoms with E-state index in [1.54, 1.807) is 24.3 Å². The Balaban J connectivity index is 2.35. The zero-order valence-corrected chi connectivity index (χ0v) is 9.96. The van der Waals surface area contributed by atoms with Crippen LogP contribution >= 0.6 is 27.5 Å². The van der Waals surface area contributed by atoms with Crippen molar-refractivity contribution in [3.05, 3.63) is 28.7 Å². The molecule has 0 N–H and O–H groups in total. The van der Waals surface area contributed by atoms with Gasteiger partial charge in [-0.15, -0.1) is 11.6 Å². The molecule has 78 valence electrons. The lowest BCUT2D eigenvalue weighted by Gasteiger charge is -2.13. The molecule has 1 aliphatic heterocycles. The fraction of sp³-hybridized carbons (Fsp3) is 0.200. The second-order valence-corrected chi connectivity index (χ2v) is 4.66. The van der Waals surface area contributed by atoms with Crippen LogP contribution in [0.25, 0.3) is 0 Å². The molecule has 0 unspecified atom stereocenters. The molecule has 0 aliphatic carbocycles. The number of hydrogen-bond donors (Lipinski definition) is 0. The Morgan fingerprint density at radius 2 is 1.87 bits per heavy atom. The molecule has 15 heavy (non-hydrogen) atoms. The summed E-state index contributed by atoms with van der Waals surface area (Å²) in [5, 5.41) is -0.721. The third kappa shape index (κ3) is 1.92. The summed E-state index contributed by atoms with van der Waals surface area (Å²) >= 11 is 8.99. The molecule has 3 nitrogen and oxygen atoms in total. The van der Waals surface area contributed by atoms with E-state index in [1.165, 1.54) is 0 Å². The highest BCUT2D eigenvalue weighted by molar-refractivity contribution is 9.10. The molecule has 1 fully saturated rings. The van der Waals surface area contributed by atoms with Crippen molar-refractivity contribution in [3.63, 3.8) is 0 Å². The number of benzene rings is 1. The van der Waals surface area contributed by atoms with Crippen molar-refractivity contribution < 1.29 is 9.59 Å². The summed E-state index contributed by atoms with van der Waals surface area (Å²) in [6.45, 7) is 0. The largest absolute Gasteiger partial charge is 0.274 e. The molecule has 0 spiro atoms. The van der Waals surface area contributed by atoms with Gasteiger partial charge in [0, 0.05) is 4.47 Å². The zero-order valence-electron chi connectivity index (χ0n) is 7.61. The van der Waals surface area contributed by atoms with E-state index in [9.17, 15) is 9.59 Å². The Hall–Kier alpha value is -0.870. The van der Waals surface area contributed by atoms with Crippen LogP contribution < -0.4 is 4.90 Å². The summed E-state index contributed by atoms with van der Waals surface area (Å²) in [5.74, 6) is -0.591. The molecule has 0 aromatic heterocycles. The molecule has 1 saturated heterocycles. The molecule has 1 aliphatic rings. The first-order chi connectivity index (χ1) is 7.09. The normalized spacial score (nSPS) is 21.2. The number of carbonyl (C=O) groups is 2. The first kappa shape index (κ1) is 10.6. The number of alkyl halides is 1. The highest BCUT2D eigenvalue weighted by Gasteiger charge is 2.38. The fourth-order valence-electron chi connectivity index (χ4n) is 1.46. The number of nitrogens with zero attached hydrogens (tertiary/aromatic N) is 1. The second-order valence-electron chi connectivity index (χ2n) is 3.22. The van der Waals surface area contributed by atoms with Crippen LogP contribution in [0.4, 0.5) is 5.69 Å². The van der Waals surface area contributed by atoms with Crippen LogP contribution in [0.3, 0.4) is 0 Å². The molecule has 1 atom stereocenters. The minimum absolute atomic E-state index is 0.0798. The maximum absolute atomic E-state index is 11.6. The second kappa shape index (κ2) is 3.94. The van der Waals surface area contributed by atoms with Crippen molar-refractivity contribution in [2.45, 2.75) is 11.8 Å². The molecule has 5 heteroatoms. The summed E-state index contributed by atoms with van der Waals surface area (Å²) in [7, 11) is 0. The molecule has 2 amide bonds. The van der Waals surface area contributed by atoms with Gasteiger partial charge in [0.05, 0.1) is 12.1 Å². The van der Waals surface area contributed by atoms with Crippen molar-refractivity contribution in [1.29, 1.82) is 0 Å². The van der Waals surface area contributed by atoms with E-state index in [2.05, 4.69) is 15.9 Å². The van der Waals surface area contributed by atoms with Gasteiger partial charge in [-0.2, -0.15) is 0 Å². The first-order valence-electron chi connectivity index (χ1n) is 4.36. The van der Waals surface area contributed by atoms with E-state index >= 15 is 0 Å². The molecule has 2 rings (SSSR count). The fourth-order valence-corrected chi connectivity index (χ4v) is 1.95. The summed E-state index contributed by atoms with van der Waals surface area (Å²) in [6.07, 6.45) is 0.0798. The van der Waals surface area contributed by atoms with E-state index in [0.717, 1.165) is 9.37 Å². The van der Waals surface area contributed by atoms with Crippen molar-refractivity contribution >= 4 is 45.0 Å². The lowest BCUT2D eigenvalue weighted by Crippen LogP contribution is -2.30. The van der Waals surface area contributed by atoms with Gasteiger partial charge in [-0.3, -0.25) is 9.59 Å². The van der Waals surface area contributed by atoms with Gasteiger partial charge in [-0.1, -0.05) is 15.9 Å². The Labute approximate surface area is 100 Å². The molecule has 0 radical (unpaired) electrons. The summed E-state index contributed by atoms with van der Waals surface area (Å²) < 4.78 is 0.896. The lowest BCUT2D eigenvalue weighted by molar-refractivity contribution is -0.121. The number of imide groups is 1. The molecule has 1 heterocycles. The van der Waals surface area contributed by atoms with Crippen molar-refractivity contribution in [1.82, 2.24) is 0 Å². The average Bonchev–Trinajstić information content (AvgIpc) is 2.44. The van der Waals surface area contributed by atoms with Gasteiger partial charge in [0.25, 0.3) is 5.91 Å². The number of carbonyl (C=O) groups excluding carboxylic acids is 2. The van der Waals surface area contributed by atoms with Gasteiger partial charge in [0.15, 0.2) is 0 Å². The Bertz CT molecular complexity index is 418. The quantitative estimate of drug-likeness (QED) is 0.587. The maximum Gasteiger partial charge on any atom is 0.252 e. The van der Waals surface area contributed by atoms with Crippen LogP contribution in [0, 0.1) is 0 Å². The molecule has 0 bridgehead atoms. The summed E-state index contributed by atoms with van der Waals surface area (Å²) in [5.41, 5.74) is 0.566. The van der Waals surface area contributed by atoms with Crippen LogP contribution in [0.2, 0.25) is 0 Å². The molecular weight excluding hydrogens is 281 g/mol. The predicted octanol–water partition coefficient (Wildman–Crippen LogP) is 2.32. The van der Waals surface area contributed by atoms with Gasteiger partial charge in [-0.05, 0) is 24.3 Å². The number of anilines is 1. The van der Waals surface area contributed by atoms with E-state index in [1.807, 2.05) is 0 Å². The number of halogens is 2. The van der Waals surface area contributed by atoms with Crippen molar-refractivity contribution in [3.8, 4) is 0 Å². The SMILES string of the molecule is O=C1C[C@H](Cl)C(=O)N1c1ccc(Br)cc1. The van der Waals surface area contributed by atoms with Gasteiger partial charge >= 0.3 is 0 Å². The minimum atomic E-state index is -0.721. The van der Waals surface area contributed by atoms with Crippen LogP contribution in [0.1, 0.15) is 6.42 Å². The Kier molecular flexibility index (Phi) is 2.80. The Morgan fingerprint density at radius 3 is 2.33 bits per heavy atom. The van der Waals surface area contributed by atoms with E-state index in [0.29, 0.717) is 5.69 Å². The van der Waals surface area contributed by atoms with Gasteiger partial charge in [0.2, 0.25) is 5.91 Å². The van der Waals surface area contributed by atoms with Crippen molar-refractivity contribution in [2.24, 2.45) is 0 Å². The Morgan fingerprint density at radius 1 is 1.27 bits per heavy atom. The molecular formula is C10H7BrClNO2. The monoisotopic (exact) mass is 287 g/mol. The topological polar surface area (TPSA) is 37.4 Å². The predicted molar refractivity (Wildman–Crippen MR) is 60.9 cm³/mol. The molecule has 1 aromatic rings. The summed E-state index contributed by atoms with van der Waals surface area (Å²) in [6, 6.07) is 6.96. The zero-order chi connectivity index (χ0) is 11.0. The van der Waals surface area contributed by atoms with Gasteiger partial charge in [-0.25, -0.2) is 4.90 Å². The van der Waals surface area contributed by atoms with Gasteiger partial charge in [0.1, 0.15) is 5.38 Å². The highest BCUT2D eigenvalue weighted by Crippen LogP contribution is 2.26. The van der Waals surface area contributed by atoms with Crippen LogP contribution in [-0.4, -0.2) is 17.2 Å². The number of amides is 2. The maximum atomic E-state index is 11.6. The van der Waals surface area contributed by atoms with E-state index < -0.39 is 5.38 Å². The first-order valence-corrected chi connectivity index (χ1v) is 5.59. The number of hydrogen-bond acceptors (Lipinski definition) is 2. The smallest absolute Gasteiger partial charge is 0.252 e. The van der Waals surface area contributed by atoms with E-state index in [-0.39, 0.29) is 18.2 Å². The van der Waals surface area contributed by atoms with Crippen LogP contribution in [0.5, 0.6) is 0 Å². The molecule has 1 aromatic carbocycles. The third-order valence-corrected chi connectivity index (χ3v) is 3.05. The average molecular weight is 289 g/mol. The van der Waals surface area contributed by atoms with Gasteiger partial charge < -0.3 is 0 Å². The lowest BCUT2D eigenvalue weighted by atomic mass is 10.3.